The first-order chi connectivity index (χ1) is 34.5. The Labute approximate surface area is 474 Å². The molecule has 3 aromatic carbocycles. The van der Waals surface area contributed by atoms with Crippen molar-refractivity contribution in [3.05, 3.63) is 189 Å². The van der Waals surface area contributed by atoms with Crippen molar-refractivity contribution >= 4 is 142 Å². The third kappa shape index (κ3) is 12.7. The number of rotatable bonds is 4. The number of fused-ring (bicyclic) bond motifs is 6. The number of pyridine rings is 3. The third-order valence-corrected chi connectivity index (χ3v) is 16.3. The van der Waals surface area contributed by atoms with Gasteiger partial charge in [0.15, 0.2) is 0 Å². The molecule has 10 nitrogen and oxygen atoms in total. The Hall–Kier alpha value is -3.15. The number of halogens is 8. The van der Waals surface area contributed by atoms with Crippen LogP contribution in [-0.2, 0) is 12.8 Å². The van der Waals surface area contributed by atoms with Gasteiger partial charge in [-0.25, -0.2) is 0 Å². The first kappa shape index (κ1) is 56.1. The number of nitrogens with zero attached hydrogens (tertiary/aromatic N) is 7. The van der Waals surface area contributed by atoms with Crippen LogP contribution < -0.4 is 0 Å². The van der Waals surface area contributed by atoms with Crippen molar-refractivity contribution in [2.45, 2.75) is 46.0 Å². The molecule has 2 unspecified atom stereocenters. The molecule has 3 aliphatic carbocycles. The van der Waals surface area contributed by atoms with E-state index in [0.29, 0.717) is 41.4 Å². The van der Waals surface area contributed by atoms with Crippen molar-refractivity contribution in [1.82, 2.24) is 34.4 Å². The summed E-state index contributed by atoms with van der Waals surface area (Å²) < 4.78 is 1.91. The zero-order chi connectivity index (χ0) is 51.0. The molecule has 5 heterocycles. The lowest BCUT2D eigenvalue weighted by atomic mass is 9.84. The number of hydrogen-bond donors (Lipinski definition) is 2. The highest BCUT2D eigenvalue weighted by Gasteiger charge is 2.36. The maximum atomic E-state index is 12.4. The molecule has 0 radical (unpaired) electrons. The lowest BCUT2D eigenvalue weighted by Gasteiger charge is -2.40. The number of benzene rings is 3. The highest BCUT2D eigenvalue weighted by Crippen LogP contribution is 2.44. The van der Waals surface area contributed by atoms with Gasteiger partial charge >= 0.3 is 14.1 Å². The predicted octanol–water partition coefficient (Wildman–Crippen LogP) is 13.2. The molecule has 0 spiro atoms. The number of ketones is 1. The third-order valence-electron chi connectivity index (χ3n) is 13.7. The largest absolute Gasteiger partial charge is 0.437 e. The van der Waals surface area contributed by atoms with Gasteiger partial charge in [-0.05, 0) is 133 Å². The Morgan fingerprint density at radius 2 is 0.973 bits per heavy atom. The van der Waals surface area contributed by atoms with Crippen LogP contribution in [0.15, 0.2) is 91.4 Å². The van der Waals surface area contributed by atoms with Gasteiger partial charge < -0.3 is 19.7 Å². The Balaban J connectivity index is 0.000000148. The van der Waals surface area contributed by atoms with Gasteiger partial charge in [0, 0.05) is 112 Å². The van der Waals surface area contributed by atoms with Gasteiger partial charge in [-0.15, -0.1) is 0 Å². The van der Waals surface area contributed by atoms with Gasteiger partial charge in [0.1, 0.15) is 5.69 Å². The number of aromatic nitrogens is 3. The summed E-state index contributed by atoms with van der Waals surface area (Å²) in [6, 6.07) is 23.1. The first-order valence-electron chi connectivity index (χ1n) is 23.5. The molecule has 20 heteroatoms. The van der Waals surface area contributed by atoms with E-state index in [9.17, 15) is 14.8 Å². The minimum atomic E-state index is -0.424. The zero-order valence-corrected chi connectivity index (χ0v) is 46.9. The van der Waals surface area contributed by atoms with Crippen molar-refractivity contribution in [2.24, 2.45) is 0 Å². The molecule has 5 aliphatic rings. The van der Waals surface area contributed by atoms with Crippen LogP contribution in [0.3, 0.4) is 0 Å². The van der Waals surface area contributed by atoms with E-state index < -0.39 is 14.1 Å². The smallest absolute Gasteiger partial charge is 0.376 e. The number of piperazine rings is 2. The molecule has 3 aromatic heterocycles. The Bertz CT molecular complexity index is 2900. The van der Waals surface area contributed by atoms with E-state index in [1.165, 1.54) is 17.3 Å². The SMILES string of the molecule is C.CB(O)N1CCN(C2c3ccc(Cl)cc3C(Br)=Cc3cc(Cl)cnc32)CC1.CB(O)N1CCN(C2c3ccc(Cl)cc3C=C(Br)c3cc(Cl)cnc32)CC1.O=C1c2ccc(Cl)cc2CCc2cc(Cl)cnc21. The van der Waals surface area contributed by atoms with Crippen LogP contribution in [0.1, 0.15) is 91.5 Å². The second-order valence-electron chi connectivity index (χ2n) is 18.2. The van der Waals surface area contributed by atoms with Crippen molar-refractivity contribution in [2.75, 3.05) is 52.4 Å². The maximum absolute atomic E-state index is 12.4. The number of hydrogen-bond acceptors (Lipinski definition) is 10. The lowest BCUT2D eigenvalue weighted by Crippen LogP contribution is -2.52. The van der Waals surface area contributed by atoms with Gasteiger partial charge in [-0.1, -0.05) is 121 Å². The van der Waals surface area contributed by atoms with E-state index in [-0.39, 0.29) is 25.3 Å². The molecule has 0 saturated carbocycles. The summed E-state index contributed by atoms with van der Waals surface area (Å²) in [5, 5.41) is 23.6. The normalized spacial score (nSPS) is 18.5. The first-order valence-corrected chi connectivity index (χ1v) is 27.3. The molecule has 2 N–H and O–H groups in total. The molecule has 73 heavy (non-hydrogen) atoms. The van der Waals surface area contributed by atoms with Crippen molar-refractivity contribution in [3.63, 3.8) is 0 Å². The summed E-state index contributed by atoms with van der Waals surface area (Å²) >= 11 is 44.3. The highest BCUT2D eigenvalue weighted by molar-refractivity contribution is 9.15. The van der Waals surface area contributed by atoms with Crippen LogP contribution in [-0.4, -0.2) is 117 Å². The molecule has 6 aromatic rings. The minimum absolute atomic E-state index is 0. The van der Waals surface area contributed by atoms with Crippen LogP contribution in [0.2, 0.25) is 43.8 Å². The summed E-state index contributed by atoms with van der Waals surface area (Å²) in [6.45, 7) is 10.3. The molecule has 0 bridgehead atoms. The second kappa shape index (κ2) is 24.5. The summed E-state index contributed by atoms with van der Waals surface area (Å²) in [5.41, 5.74) is 11.5. The van der Waals surface area contributed by atoms with Gasteiger partial charge in [0.05, 0.1) is 38.5 Å². The van der Waals surface area contributed by atoms with Gasteiger partial charge in [-0.3, -0.25) is 29.5 Å². The fraction of sp³-hybridized carbons (Fsp3) is 0.283. The van der Waals surface area contributed by atoms with Crippen molar-refractivity contribution < 1.29 is 14.8 Å². The molecule has 378 valence electrons. The second-order valence-corrected chi connectivity index (χ2v) is 22.5. The number of aryl methyl sites for hydroxylation is 2. The molecular formula is C53H51B2Br2Cl6N7O3. The van der Waals surface area contributed by atoms with Crippen LogP contribution in [0.25, 0.3) is 21.1 Å². The quantitative estimate of drug-likeness (QED) is 0.166. The Kier molecular flexibility index (Phi) is 18.8. The molecule has 2 fully saturated rings. The fourth-order valence-corrected chi connectivity index (χ4v) is 12.2. The van der Waals surface area contributed by atoms with Gasteiger partial charge in [0.25, 0.3) is 0 Å². The summed E-state index contributed by atoms with van der Waals surface area (Å²) in [7, 11) is -0.847. The maximum Gasteiger partial charge on any atom is 0.376 e. The fourth-order valence-electron chi connectivity index (χ4n) is 10.0. The van der Waals surface area contributed by atoms with Crippen LogP contribution in [0.5, 0.6) is 0 Å². The predicted molar refractivity (Wildman–Crippen MR) is 311 cm³/mol. The van der Waals surface area contributed by atoms with E-state index in [0.717, 1.165) is 119 Å². The molecular weight excluding hydrogens is 1180 g/mol. The number of carbonyl (C=O) groups is 1. The van der Waals surface area contributed by atoms with E-state index in [1.54, 1.807) is 24.5 Å². The van der Waals surface area contributed by atoms with E-state index in [2.05, 4.69) is 80.6 Å². The number of carbonyl (C=O) groups excluding carboxylic acids is 1. The van der Waals surface area contributed by atoms with Gasteiger partial charge in [-0.2, -0.15) is 0 Å². The monoisotopic (exact) mass is 1220 g/mol. The van der Waals surface area contributed by atoms with Crippen LogP contribution >= 0.6 is 101 Å². The molecule has 2 atom stereocenters. The van der Waals surface area contributed by atoms with E-state index >= 15 is 0 Å². The van der Waals surface area contributed by atoms with E-state index in [4.69, 9.17) is 79.6 Å². The topological polar surface area (TPSA) is 109 Å². The average Bonchev–Trinajstić information content (AvgIpc) is 3.63. The molecule has 2 saturated heterocycles. The Morgan fingerprint density at radius 1 is 0.521 bits per heavy atom. The summed E-state index contributed by atoms with van der Waals surface area (Å²) in [6.07, 6.45) is 10.6. The average molecular weight is 1230 g/mol. The molecule has 0 amide bonds. The Morgan fingerprint density at radius 3 is 1.62 bits per heavy atom. The van der Waals surface area contributed by atoms with Crippen molar-refractivity contribution in [3.8, 4) is 0 Å². The summed E-state index contributed by atoms with van der Waals surface area (Å²) in [4.78, 5) is 35.0. The standard InChI is InChI=1S/2C19H19BBrCl2N3O.C14H9Cl2NO.CH4/c1-20(27)26-6-4-25(5-7-26)19-15-3-2-13(22)10-16(15)17(21)9-12-8-14(23)11-24-18(12)19;1-20(27)26-6-4-25(5-7-26)19-15-3-2-13(22)8-12(15)9-17(21)16-10-14(23)11-24-18(16)19;15-10-3-4-12-8(5-10)1-2-9-6-11(16)7-17-13(9)14(12)18;/h2*2-3,8-11,19,27H,4-7H2,1H3;3-7H,1-2H2;1H4. The van der Waals surface area contributed by atoms with Crippen LogP contribution in [0.4, 0.5) is 0 Å². The lowest BCUT2D eigenvalue weighted by molar-refractivity contribution is 0.103. The highest BCUT2D eigenvalue weighted by atomic mass is 79.9. The minimum Gasteiger partial charge on any atom is -0.437 e. The molecule has 11 rings (SSSR count). The van der Waals surface area contributed by atoms with Crippen molar-refractivity contribution in [1.29, 1.82) is 0 Å². The van der Waals surface area contributed by atoms with Gasteiger partial charge in [0.2, 0.25) is 5.78 Å². The molecule has 2 aliphatic heterocycles. The summed E-state index contributed by atoms with van der Waals surface area (Å²) in [5.74, 6) is -0.0502. The van der Waals surface area contributed by atoms with E-state index in [1.807, 2.05) is 62.2 Å². The zero-order valence-electron chi connectivity index (χ0n) is 39.2. The van der Waals surface area contributed by atoms with Crippen LogP contribution in [0, 0.1) is 0 Å².